The quantitative estimate of drug-likeness (QED) is 0.730. The van der Waals surface area contributed by atoms with Crippen LogP contribution in [0.15, 0.2) is 29.4 Å². The molecule has 1 aromatic rings. The van der Waals surface area contributed by atoms with Crippen LogP contribution in [0.1, 0.15) is 13.8 Å². The highest BCUT2D eigenvalue weighted by atomic mass is 32.2. The van der Waals surface area contributed by atoms with Crippen molar-refractivity contribution in [3.8, 4) is 0 Å². The van der Waals surface area contributed by atoms with Crippen molar-refractivity contribution in [2.24, 2.45) is 5.92 Å². The summed E-state index contributed by atoms with van der Waals surface area (Å²) in [7, 11) is 0. The van der Waals surface area contributed by atoms with Gasteiger partial charge in [-0.2, -0.15) is 0 Å². The number of hydrogen-bond donors (Lipinski definition) is 1. The minimum Gasteiger partial charge on any atom is -0.317 e. The van der Waals surface area contributed by atoms with Crippen LogP contribution in [-0.4, -0.2) is 23.8 Å². The van der Waals surface area contributed by atoms with Gasteiger partial charge in [0.15, 0.2) is 0 Å². The first kappa shape index (κ1) is 11.5. The first-order chi connectivity index (χ1) is 6.83. The van der Waals surface area contributed by atoms with Gasteiger partial charge < -0.3 is 5.32 Å². The zero-order valence-corrected chi connectivity index (χ0v) is 9.68. The number of rotatable bonds is 6. The number of hydrogen-bond acceptors (Lipinski definition) is 3. The minimum atomic E-state index is 0.716. The molecule has 1 aromatic heterocycles. The van der Waals surface area contributed by atoms with Gasteiger partial charge in [-0.1, -0.05) is 13.8 Å². The maximum atomic E-state index is 4.00. The van der Waals surface area contributed by atoms with Crippen molar-refractivity contribution >= 4 is 11.8 Å². The first-order valence-corrected chi connectivity index (χ1v) is 6.05. The zero-order chi connectivity index (χ0) is 10.2. The second-order valence-electron chi connectivity index (χ2n) is 3.41. The van der Waals surface area contributed by atoms with Gasteiger partial charge in [0.05, 0.1) is 0 Å². The van der Waals surface area contributed by atoms with Crippen molar-refractivity contribution in [3.05, 3.63) is 24.5 Å². The Labute approximate surface area is 90.5 Å². The molecule has 0 spiro atoms. The van der Waals surface area contributed by atoms with E-state index in [0.717, 1.165) is 18.8 Å². The Morgan fingerprint density at radius 1 is 1.43 bits per heavy atom. The van der Waals surface area contributed by atoms with E-state index in [1.165, 1.54) is 4.90 Å². The van der Waals surface area contributed by atoms with Crippen molar-refractivity contribution in [2.45, 2.75) is 18.7 Å². The van der Waals surface area contributed by atoms with Gasteiger partial charge in [0.25, 0.3) is 0 Å². The van der Waals surface area contributed by atoms with Gasteiger partial charge in [-0.05, 0) is 31.1 Å². The fourth-order valence-electron chi connectivity index (χ4n) is 1.12. The van der Waals surface area contributed by atoms with Gasteiger partial charge in [-0.15, -0.1) is 11.8 Å². The molecule has 0 radical (unpaired) electrons. The third-order valence-electron chi connectivity index (χ3n) is 1.93. The van der Waals surface area contributed by atoms with Crippen LogP contribution in [-0.2, 0) is 0 Å². The molecule has 0 aliphatic rings. The predicted octanol–water partition coefficient (Wildman–Crippen LogP) is 2.42. The molecule has 0 bridgehead atoms. The normalized spacial score (nSPS) is 12.7. The van der Waals surface area contributed by atoms with Gasteiger partial charge in [-0.3, -0.25) is 4.98 Å². The summed E-state index contributed by atoms with van der Waals surface area (Å²) in [5.74, 6) is 1.88. The highest BCUT2D eigenvalue weighted by molar-refractivity contribution is 7.99. The monoisotopic (exact) mass is 210 g/mol. The van der Waals surface area contributed by atoms with Crippen LogP contribution in [0.3, 0.4) is 0 Å². The molecule has 0 saturated carbocycles. The Kier molecular flexibility index (Phi) is 5.64. The molecule has 2 nitrogen and oxygen atoms in total. The van der Waals surface area contributed by atoms with Gasteiger partial charge in [0.1, 0.15) is 0 Å². The van der Waals surface area contributed by atoms with Crippen molar-refractivity contribution in [1.29, 1.82) is 0 Å². The third kappa shape index (κ3) is 4.63. The van der Waals surface area contributed by atoms with Crippen molar-refractivity contribution in [3.63, 3.8) is 0 Å². The Bertz CT molecular complexity index is 238. The smallest absolute Gasteiger partial charge is 0.0278 e. The summed E-state index contributed by atoms with van der Waals surface area (Å²) in [6.07, 6.45) is 3.69. The van der Waals surface area contributed by atoms with E-state index in [2.05, 4.69) is 36.3 Å². The molecule has 0 aliphatic carbocycles. The fourth-order valence-corrected chi connectivity index (χ4v) is 2.03. The predicted molar refractivity (Wildman–Crippen MR) is 62.7 cm³/mol. The van der Waals surface area contributed by atoms with Crippen LogP contribution < -0.4 is 5.32 Å². The Morgan fingerprint density at radius 3 is 2.79 bits per heavy atom. The summed E-state index contributed by atoms with van der Waals surface area (Å²) in [5, 5.41) is 3.36. The molecule has 0 amide bonds. The van der Waals surface area contributed by atoms with Crippen LogP contribution in [0.4, 0.5) is 0 Å². The van der Waals surface area contributed by atoms with E-state index in [4.69, 9.17) is 0 Å². The number of nitrogens with one attached hydrogen (secondary N) is 1. The molecule has 0 aliphatic heterocycles. The summed E-state index contributed by atoms with van der Waals surface area (Å²) < 4.78 is 0. The topological polar surface area (TPSA) is 24.9 Å². The highest BCUT2D eigenvalue weighted by Gasteiger charge is 2.01. The molecule has 0 aromatic carbocycles. The van der Waals surface area contributed by atoms with Crippen molar-refractivity contribution in [1.82, 2.24) is 10.3 Å². The number of nitrogens with zero attached hydrogens (tertiary/aromatic N) is 1. The minimum absolute atomic E-state index is 0.716. The summed E-state index contributed by atoms with van der Waals surface area (Å²) in [6, 6.07) is 4.12. The molecule has 1 heterocycles. The number of thioether (sulfide) groups is 1. The fraction of sp³-hybridized carbons (Fsp3) is 0.545. The van der Waals surface area contributed by atoms with E-state index in [1.54, 1.807) is 0 Å². The Hall–Kier alpha value is -0.540. The van der Waals surface area contributed by atoms with E-state index in [9.17, 15) is 0 Å². The molecule has 1 atom stereocenters. The van der Waals surface area contributed by atoms with E-state index in [-0.39, 0.29) is 0 Å². The van der Waals surface area contributed by atoms with Crippen LogP contribution in [0.25, 0.3) is 0 Å². The second kappa shape index (κ2) is 6.85. The van der Waals surface area contributed by atoms with Gasteiger partial charge >= 0.3 is 0 Å². The Morgan fingerprint density at radius 2 is 2.14 bits per heavy atom. The van der Waals surface area contributed by atoms with E-state index >= 15 is 0 Å². The summed E-state index contributed by atoms with van der Waals surface area (Å²) >= 11 is 1.90. The lowest BCUT2D eigenvalue weighted by molar-refractivity contribution is 0.574. The number of pyridine rings is 1. The summed E-state index contributed by atoms with van der Waals surface area (Å²) in [5.41, 5.74) is 0. The first-order valence-electron chi connectivity index (χ1n) is 5.06. The number of aromatic nitrogens is 1. The largest absolute Gasteiger partial charge is 0.317 e. The maximum Gasteiger partial charge on any atom is 0.0278 e. The second-order valence-corrected chi connectivity index (χ2v) is 4.50. The summed E-state index contributed by atoms with van der Waals surface area (Å²) in [4.78, 5) is 5.31. The standard InChI is InChI=1S/C11H18N2S/c1-3-12-8-10(2)9-14-11-4-6-13-7-5-11/h4-7,10,12H,3,8-9H2,1-2H3. The van der Waals surface area contributed by atoms with E-state index in [1.807, 2.05) is 24.2 Å². The molecule has 78 valence electrons. The lowest BCUT2D eigenvalue weighted by atomic mass is 10.2. The maximum absolute atomic E-state index is 4.00. The van der Waals surface area contributed by atoms with E-state index in [0.29, 0.717) is 5.92 Å². The highest BCUT2D eigenvalue weighted by Crippen LogP contribution is 2.18. The van der Waals surface area contributed by atoms with Crippen molar-refractivity contribution < 1.29 is 0 Å². The average molecular weight is 210 g/mol. The van der Waals surface area contributed by atoms with E-state index < -0.39 is 0 Å². The zero-order valence-electron chi connectivity index (χ0n) is 8.86. The lowest BCUT2D eigenvalue weighted by Crippen LogP contribution is -2.21. The molecule has 1 rings (SSSR count). The molecular weight excluding hydrogens is 192 g/mol. The molecule has 3 heteroatoms. The average Bonchev–Trinajstić information content (AvgIpc) is 2.25. The SMILES string of the molecule is CCNCC(C)CSc1ccncc1. The van der Waals surface area contributed by atoms with Crippen LogP contribution in [0.2, 0.25) is 0 Å². The molecule has 1 unspecified atom stereocenters. The molecule has 14 heavy (non-hydrogen) atoms. The van der Waals surface area contributed by atoms with Crippen molar-refractivity contribution in [2.75, 3.05) is 18.8 Å². The van der Waals surface area contributed by atoms with Gasteiger partial charge in [0.2, 0.25) is 0 Å². The molecule has 0 fully saturated rings. The van der Waals surface area contributed by atoms with Gasteiger partial charge in [-0.25, -0.2) is 0 Å². The van der Waals surface area contributed by atoms with Crippen LogP contribution >= 0.6 is 11.8 Å². The summed E-state index contributed by atoms with van der Waals surface area (Å²) in [6.45, 7) is 6.58. The molecular formula is C11H18N2S. The molecule has 0 saturated heterocycles. The van der Waals surface area contributed by atoms with Crippen LogP contribution in [0, 0.1) is 5.92 Å². The Balaban J connectivity index is 2.20. The third-order valence-corrected chi connectivity index (χ3v) is 3.27. The molecule has 1 N–H and O–H groups in total. The lowest BCUT2D eigenvalue weighted by Gasteiger charge is -2.10. The van der Waals surface area contributed by atoms with Crippen LogP contribution in [0.5, 0.6) is 0 Å². The van der Waals surface area contributed by atoms with Gasteiger partial charge in [0, 0.05) is 23.0 Å².